The smallest absolute Gasteiger partial charge is 0.401 e. The number of carboxylic acids is 1. The molecule has 76 valence electrons. The van der Waals surface area contributed by atoms with Gasteiger partial charge in [0.2, 0.25) is 0 Å². The summed E-state index contributed by atoms with van der Waals surface area (Å²) in [5.74, 6) is -2.48. The van der Waals surface area contributed by atoms with Gasteiger partial charge in [0.05, 0.1) is 6.54 Å². The number of hydrogen-bond donors (Lipinski definition) is 3. The second-order valence-electron chi connectivity index (χ2n) is 2.26. The first kappa shape index (κ1) is 11.8. The molecule has 0 spiro atoms. The fourth-order valence-corrected chi connectivity index (χ4v) is 0.565. The van der Waals surface area contributed by atoms with Crippen LogP contribution in [0.2, 0.25) is 0 Å². The molecule has 0 saturated heterocycles. The molecule has 0 aliphatic carbocycles. The predicted octanol–water partition coefficient (Wildman–Crippen LogP) is 0.663. The van der Waals surface area contributed by atoms with Crippen molar-refractivity contribution in [3.05, 3.63) is 12.3 Å². The zero-order valence-corrected chi connectivity index (χ0v) is 6.43. The van der Waals surface area contributed by atoms with Gasteiger partial charge >= 0.3 is 12.1 Å². The molecule has 0 fully saturated rings. The number of carboxylic acid groups (broad SMARTS) is 1. The summed E-state index contributed by atoms with van der Waals surface area (Å²) in [5, 5.41) is 18.4. The molecule has 0 unspecified atom stereocenters. The third kappa shape index (κ3) is 5.07. The highest BCUT2D eigenvalue weighted by atomic mass is 19.4. The van der Waals surface area contributed by atoms with E-state index in [1.807, 2.05) is 0 Å². The number of hydrogen-bond acceptors (Lipinski definition) is 3. The Hall–Kier alpha value is -1.24. The van der Waals surface area contributed by atoms with Crippen LogP contribution in [0, 0.1) is 0 Å². The van der Waals surface area contributed by atoms with Gasteiger partial charge < -0.3 is 10.2 Å². The number of nitrogens with one attached hydrogen (secondary N) is 1. The van der Waals surface area contributed by atoms with E-state index in [0.717, 1.165) is 0 Å². The maximum absolute atomic E-state index is 11.6. The summed E-state index contributed by atoms with van der Waals surface area (Å²) in [6.07, 6.45) is -4.52. The summed E-state index contributed by atoms with van der Waals surface area (Å²) in [4.78, 5) is 10.2. The second-order valence-corrected chi connectivity index (χ2v) is 2.26. The Bertz CT molecular complexity index is 200. The Morgan fingerprint density at radius 1 is 1.46 bits per heavy atom. The van der Waals surface area contributed by atoms with Gasteiger partial charge in [-0.2, -0.15) is 13.2 Å². The molecule has 0 saturated carbocycles. The highest BCUT2D eigenvalue weighted by molar-refractivity contribution is 5.76. The van der Waals surface area contributed by atoms with Crippen LogP contribution in [0.5, 0.6) is 0 Å². The first-order valence-corrected chi connectivity index (χ1v) is 3.14. The lowest BCUT2D eigenvalue weighted by Gasteiger charge is -2.14. The van der Waals surface area contributed by atoms with Crippen LogP contribution in [0.25, 0.3) is 0 Å². The van der Waals surface area contributed by atoms with Crippen LogP contribution in [0.1, 0.15) is 0 Å². The summed E-state index contributed by atoms with van der Waals surface area (Å²) >= 11 is 0. The third-order valence-electron chi connectivity index (χ3n) is 1.09. The molecule has 0 rings (SSSR count). The first-order chi connectivity index (χ1) is 5.74. The zero-order chi connectivity index (χ0) is 10.6. The molecule has 0 aliphatic heterocycles. The summed E-state index contributed by atoms with van der Waals surface area (Å²) in [6.45, 7) is 1.33. The van der Waals surface area contributed by atoms with Gasteiger partial charge in [-0.25, -0.2) is 0 Å². The van der Waals surface area contributed by atoms with E-state index < -0.39 is 30.5 Å². The van der Waals surface area contributed by atoms with Crippen LogP contribution >= 0.6 is 0 Å². The van der Waals surface area contributed by atoms with Gasteiger partial charge in [0, 0.05) is 0 Å². The number of aliphatic hydroxyl groups excluding tert-OH is 1. The number of halogens is 3. The number of alkyl halides is 3. The Morgan fingerprint density at radius 2 is 1.92 bits per heavy atom. The van der Waals surface area contributed by atoms with Crippen molar-refractivity contribution in [1.29, 1.82) is 0 Å². The van der Waals surface area contributed by atoms with E-state index >= 15 is 0 Å². The fourth-order valence-electron chi connectivity index (χ4n) is 0.565. The van der Waals surface area contributed by atoms with E-state index in [4.69, 9.17) is 10.2 Å². The molecular weight excluding hydrogens is 191 g/mol. The van der Waals surface area contributed by atoms with Crippen molar-refractivity contribution < 1.29 is 28.2 Å². The van der Waals surface area contributed by atoms with Gasteiger partial charge in [-0.05, 0) is 0 Å². The average Bonchev–Trinajstić information content (AvgIpc) is 1.82. The van der Waals surface area contributed by atoms with Crippen LogP contribution in [0.4, 0.5) is 13.2 Å². The summed E-state index contributed by atoms with van der Waals surface area (Å²) in [5.41, 5.74) is 0. The summed E-state index contributed by atoms with van der Waals surface area (Å²) < 4.78 is 34.7. The Kier molecular flexibility index (Phi) is 3.73. The normalized spacial score (nSPS) is 13.8. The maximum atomic E-state index is 11.6. The lowest BCUT2D eigenvalue weighted by Crippen LogP contribution is -2.43. The van der Waals surface area contributed by atoms with Crippen molar-refractivity contribution >= 4 is 5.97 Å². The van der Waals surface area contributed by atoms with E-state index in [1.165, 1.54) is 0 Å². The van der Waals surface area contributed by atoms with Crippen LogP contribution < -0.4 is 5.32 Å². The lowest BCUT2D eigenvalue weighted by molar-refractivity contribution is -0.142. The van der Waals surface area contributed by atoms with Crippen molar-refractivity contribution in [2.75, 3.05) is 6.54 Å². The van der Waals surface area contributed by atoms with Crippen molar-refractivity contribution in [3.63, 3.8) is 0 Å². The quantitative estimate of drug-likeness (QED) is 0.582. The maximum Gasteiger partial charge on any atom is 0.401 e. The number of rotatable bonds is 4. The standard InChI is InChI=1S/C6H8F3NO3/c1-3(11)4(5(12)13)10-2-6(7,8)9/h4,10-11H,1-2H2,(H,12,13)/t4-/m0/s1. The molecule has 1 atom stereocenters. The molecule has 0 aromatic rings. The topological polar surface area (TPSA) is 69.6 Å². The molecule has 0 aromatic heterocycles. The number of carbonyl (C=O) groups is 1. The van der Waals surface area contributed by atoms with Gasteiger partial charge in [-0.3, -0.25) is 10.1 Å². The molecule has 4 nitrogen and oxygen atoms in total. The minimum atomic E-state index is -4.52. The molecule has 0 aliphatic rings. The monoisotopic (exact) mass is 199 g/mol. The molecule has 3 N–H and O–H groups in total. The van der Waals surface area contributed by atoms with Gasteiger partial charge in [-0.15, -0.1) is 0 Å². The molecule has 0 amide bonds. The highest BCUT2D eigenvalue weighted by Crippen LogP contribution is 2.13. The number of aliphatic hydroxyl groups is 1. The molecule has 0 bridgehead atoms. The third-order valence-corrected chi connectivity index (χ3v) is 1.09. The van der Waals surface area contributed by atoms with Gasteiger partial charge in [0.25, 0.3) is 0 Å². The SMILES string of the molecule is C=C(O)[C@H](NCC(F)(F)F)C(=O)O. The average molecular weight is 199 g/mol. The largest absolute Gasteiger partial charge is 0.511 e. The van der Waals surface area contributed by atoms with Crippen molar-refractivity contribution in [2.24, 2.45) is 0 Å². The van der Waals surface area contributed by atoms with Gasteiger partial charge in [0.1, 0.15) is 5.76 Å². The molecule has 0 radical (unpaired) electrons. The van der Waals surface area contributed by atoms with Crippen LogP contribution in [0.3, 0.4) is 0 Å². The van der Waals surface area contributed by atoms with Crippen LogP contribution in [-0.4, -0.2) is 34.9 Å². The van der Waals surface area contributed by atoms with E-state index in [0.29, 0.717) is 0 Å². The van der Waals surface area contributed by atoms with Crippen molar-refractivity contribution in [1.82, 2.24) is 5.32 Å². The molecule has 0 heterocycles. The van der Waals surface area contributed by atoms with Crippen molar-refractivity contribution in [2.45, 2.75) is 12.2 Å². The predicted molar refractivity (Wildman–Crippen MR) is 37.3 cm³/mol. The van der Waals surface area contributed by atoms with Crippen LogP contribution in [-0.2, 0) is 4.79 Å². The fraction of sp³-hybridized carbons (Fsp3) is 0.500. The van der Waals surface area contributed by atoms with E-state index in [9.17, 15) is 18.0 Å². The molecule has 13 heavy (non-hydrogen) atoms. The second kappa shape index (κ2) is 4.13. The van der Waals surface area contributed by atoms with E-state index in [-0.39, 0.29) is 0 Å². The van der Waals surface area contributed by atoms with Gasteiger partial charge in [-0.1, -0.05) is 6.58 Å². The minimum Gasteiger partial charge on any atom is -0.511 e. The minimum absolute atomic E-state index is 0.864. The molecule has 7 heteroatoms. The Labute approximate surface area is 71.7 Å². The Morgan fingerprint density at radius 3 is 2.15 bits per heavy atom. The van der Waals surface area contributed by atoms with E-state index in [1.54, 1.807) is 5.32 Å². The summed E-state index contributed by atoms with van der Waals surface area (Å²) in [7, 11) is 0. The van der Waals surface area contributed by atoms with E-state index in [2.05, 4.69) is 6.58 Å². The van der Waals surface area contributed by atoms with Gasteiger partial charge in [0.15, 0.2) is 6.04 Å². The lowest BCUT2D eigenvalue weighted by atomic mass is 10.2. The number of aliphatic carboxylic acids is 1. The highest BCUT2D eigenvalue weighted by Gasteiger charge is 2.30. The molecular formula is C6H8F3NO3. The van der Waals surface area contributed by atoms with Crippen LogP contribution in [0.15, 0.2) is 12.3 Å². The Balaban J connectivity index is 4.14. The first-order valence-electron chi connectivity index (χ1n) is 3.14. The zero-order valence-electron chi connectivity index (χ0n) is 6.43. The summed E-state index contributed by atoms with van der Waals surface area (Å²) in [6, 6.07) is -1.79. The van der Waals surface area contributed by atoms with Crippen molar-refractivity contribution in [3.8, 4) is 0 Å². The molecule has 0 aromatic carbocycles.